The SMILES string of the molecule is Cc1ccc(C)c(OCc2nc(C3CC3)c(C(=N)N)s2)c1. The number of nitrogens with one attached hydrogen (secondary N) is 1. The molecule has 1 heterocycles. The number of aromatic nitrogens is 1. The molecule has 21 heavy (non-hydrogen) atoms. The maximum Gasteiger partial charge on any atom is 0.140 e. The first kappa shape index (κ1) is 14.1. The highest BCUT2D eigenvalue weighted by atomic mass is 32.1. The Morgan fingerprint density at radius 1 is 1.43 bits per heavy atom. The van der Waals surface area contributed by atoms with Crippen molar-refractivity contribution in [3.8, 4) is 5.75 Å². The van der Waals surface area contributed by atoms with Gasteiger partial charge in [0.2, 0.25) is 0 Å². The molecular weight excluding hydrogens is 282 g/mol. The third-order valence-corrected chi connectivity index (χ3v) is 4.68. The second kappa shape index (κ2) is 5.48. The molecular formula is C16H19N3OS. The monoisotopic (exact) mass is 301 g/mol. The molecule has 3 rings (SSSR count). The van der Waals surface area contributed by atoms with Crippen LogP contribution in [-0.2, 0) is 6.61 Å². The lowest BCUT2D eigenvalue weighted by molar-refractivity contribution is 0.303. The number of benzene rings is 1. The van der Waals surface area contributed by atoms with Crippen LogP contribution < -0.4 is 10.5 Å². The van der Waals surface area contributed by atoms with E-state index < -0.39 is 0 Å². The van der Waals surface area contributed by atoms with Crippen molar-refractivity contribution in [2.75, 3.05) is 0 Å². The van der Waals surface area contributed by atoms with Crippen LogP contribution in [0, 0.1) is 19.3 Å². The molecule has 5 heteroatoms. The Morgan fingerprint density at radius 3 is 2.86 bits per heavy atom. The highest BCUT2D eigenvalue weighted by Crippen LogP contribution is 2.42. The number of nitrogen functional groups attached to an aromatic ring is 1. The minimum Gasteiger partial charge on any atom is -0.486 e. The lowest BCUT2D eigenvalue weighted by Gasteiger charge is -2.08. The molecule has 0 amide bonds. The van der Waals surface area contributed by atoms with E-state index in [0.717, 1.165) is 39.7 Å². The van der Waals surface area contributed by atoms with Crippen molar-refractivity contribution >= 4 is 17.2 Å². The molecule has 1 aliphatic carbocycles. The molecule has 1 aromatic carbocycles. The van der Waals surface area contributed by atoms with Crippen molar-refractivity contribution < 1.29 is 4.74 Å². The van der Waals surface area contributed by atoms with E-state index in [1.54, 1.807) is 0 Å². The predicted molar refractivity (Wildman–Crippen MR) is 85.4 cm³/mol. The first-order chi connectivity index (χ1) is 10.0. The number of hydrogen-bond acceptors (Lipinski definition) is 4. The maximum atomic E-state index is 7.68. The minimum absolute atomic E-state index is 0.118. The highest BCUT2D eigenvalue weighted by Gasteiger charge is 2.30. The number of aryl methyl sites for hydroxylation is 2. The fourth-order valence-corrected chi connectivity index (χ4v) is 3.19. The van der Waals surface area contributed by atoms with E-state index in [1.165, 1.54) is 16.9 Å². The van der Waals surface area contributed by atoms with Crippen molar-refractivity contribution in [2.24, 2.45) is 5.73 Å². The van der Waals surface area contributed by atoms with E-state index in [0.29, 0.717) is 12.5 Å². The van der Waals surface area contributed by atoms with Gasteiger partial charge in [0.15, 0.2) is 0 Å². The van der Waals surface area contributed by atoms with Crippen LogP contribution in [0.4, 0.5) is 0 Å². The minimum atomic E-state index is 0.118. The van der Waals surface area contributed by atoms with E-state index in [9.17, 15) is 0 Å². The van der Waals surface area contributed by atoms with E-state index in [4.69, 9.17) is 15.9 Å². The lowest BCUT2D eigenvalue weighted by Crippen LogP contribution is -2.11. The number of rotatable bonds is 5. The zero-order valence-electron chi connectivity index (χ0n) is 12.3. The lowest BCUT2D eigenvalue weighted by atomic mass is 10.1. The van der Waals surface area contributed by atoms with Crippen LogP contribution in [0.25, 0.3) is 0 Å². The van der Waals surface area contributed by atoms with Gasteiger partial charge in [-0.15, -0.1) is 11.3 Å². The van der Waals surface area contributed by atoms with Gasteiger partial charge in [-0.3, -0.25) is 5.41 Å². The van der Waals surface area contributed by atoms with Gasteiger partial charge in [-0.25, -0.2) is 4.98 Å². The average molecular weight is 301 g/mol. The molecule has 1 aliphatic rings. The normalized spacial score (nSPS) is 14.2. The summed E-state index contributed by atoms with van der Waals surface area (Å²) in [5.74, 6) is 1.50. The molecule has 0 atom stereocenters. The smallest absolute Gasteiger partial charge is 0.140 e. The Morgan fingerprint density at radius 2 is 2.19 bits per heavy atom. The third-order valence-electron chi connectivity index (χ3n) is 3.60. The first-order valence-corrected chi connectivity index (χ1v) is 7.90. The van der Waals surface area contributed by atoms with E-state index >= 15 is 0 Å². The highest BCUT2D eigenvalue weighted by molar-refractivity contribution is 7.13. The van der Waals surface area contributed by atoms with E-state index in [1.807, 2.05) is 13.0 Å². The summed E-state index contributed by atoms with van der Waals surface area (Å²) in [4.78, 5) is 5.45. The van der Waals surface area contributed by atoms with Gasteiger partial charge >= 0.3 is 0 Å². The van der Waals surface area contributed by atoms with Gasteiger partial charge in [0.1, 0.15) is 23.2 Å². The fraction of sp³-hybridized carbons (Fsp3) is 0.375. The van der Waals surface area contributed by atoms with Crippen molar-refractivity contribution in [2.45, 2.75) is 39.2 Å². The van der Waals surface area contributed by atoms with Crippen LogP contribution in [0.3, 0.4) is 0 Å². The summed E-state index contributed by atoms with van der Waals surface area (Å²) < 4.78 is 5.89. The van der Waals surface area contributed by atoms with E-state index in [-0.39, 0.29) is 5.84 Å². The summed E-state index contributed by atoms with van der Waals surface area (Å²) in [6, 6.07) is 6.17. The molecule has 1 saturated carbocycles. The molecule has 110 valence electrons. The summed E-state index contributed by atoms with van der Waals surface area (Å²) >= 11 is 1.48. The molecule has 0 aliphatic heterocycles. The van der Waals surface area contributed by atoms with Crippen molar-refractivity contribution in [1.82, 2.24) is 4.98 Å². The summed E-state index contributed by atoms with van der Waals surface area (Å²) in [6.07, 6.45) is 2.31. The second-order valence-electron chi connectivity index (χ2n) is 5.57. The number of ether oxygens (including phenoxy) is 1. The summed E-state index contributed by atoms with van der Waals surface area (Å²) in [7, 11) is 0. The molecule has 0 spiro atoms. The van der Waals surface area contributed by atoms with E-state index in [2.05, 4.69) is 24.0 Å². The molecule has 0 saturated heterocycles. The van der Waals surface area contributed by atoms with Crippen LogP contribution in [0.5, 0.6) is 5.75 Å². The van der Waals surface area contributed by atoms with Gasteiger partial charge in [-0.1, -0.05) is 12.1 Å². The van der Waals surface area contributed by atoms with Gasteiger partial charge in [0.05, 0.1) is 10.6 Å². The molecule has 4 nitrogen and oxygen atoms in total. The number of hydrogen-bond donors (Lipinski definition) is 2. The number of nitrogens with zero attached hydrogens (tertiary/aromatic N) is 1. The molecule has 0 radical (unpaired) electrons. The standard InChI is InChI=1S/C16H19N3OS/c1-9-3-4-10(2)12(7-9)20-8-13-19-14(11-5-6-11)15(21-13)16(17)18/h3-4,7,11H,5-6,8H2,1-2H3,(H3,17,18). The maximum absolute atomic E-state index is 7.68. The van der Waals surface area contributed by atoms with Crippen LogP contribution in [0.15, 0.2) is 18.2 Å². The second-order valence-corrected chi connectivity index (χ2v) is 6.65. The van der Waals surface area contributed by atoms with Gasteiger partial charge < -0.3 is 10.5 Å². The van der Waals surface area contributed by atoms with Crippen molar-refractivity contribution in [1.29, 1.82) is 5.41 Å². The van der Waals surface area contributed by atoms with Crippen molar-refractivity contribution in [3.05, 3.63) is 44.9 Å². The van der Waals surface area contributed by atoms with Crippen LogP contribution >= 0.6 is 11.3 Å². The van der Waals surface area contributed by atoms with Crippen LogP contribution in [0.2, 0.25) is 0 Å². The van der Waals surface area contributed by atoms with Gasteiger partial charge in [0, 0.05) is 5.92 Å². The topological polar surface area (TPSA) is 72.0 Å². The largest absolute Gasteiger partial charge is 0.486 e. The van der Waals surface area contributed by atoms with Crippen molar-refractivity contribution in [3.63, 3.8) is 0 Å². The zero-order chi connectivity index (χ0) is 15.0. The number of nitrogens with two attached hydrogens (primary N) is 1. The van der Waals surface area contributed by atoms with Gasteiger partial charge in [-0.2, -0.15) is 0 Å². The van der Waals surface area contributed by atoms with Crippen LogP contribution in [-0.4, -0.2) is 10.8 Å². The third kappa shape index (κ3) is 3.08. The Bertz CT molecular complexity index is 689. The summed E-state index contributed by atoms with van der Waals surface area (Å²) in [6.45, 7) is 4.52. The Hall–Kier alpha value is -1.88. The van der Waals surface area contributed by atoms with Gasteiger partial charge in [-0.05, 0) is 43.9 Å². The number of thiazole rings is 1. The molecule has 2 aromatic rings. The zero-order valence-corrected chi connectivity index (χ0v) is 13.1. The first-order valence-electron chi connectivity index (χ1n) is 7.08. The summed E-state index contributed by atoms with van der Waals surface area (Å²) in [5, 5.41) is 8.57. The Kier molecular flexibility index (Phi) is 3.68. The van der Waals surface area contributed by atoms with Gasteiger partial charge in [0.25, 0.3) is 0 Å². The molecule has 3 N–H and O–H groups in total. The summed E-state index contributed by atoms with van der Waals surface area (Å²) in [5.41, 5.74) is 8.95. The molecule has 1 aromatic heterocycles. The number of amidine groups is 1. The predicted octanol–water partition coefficient (Wildman–Crippen LogP) is 3.50. The van der Waals surface area contributed by atoms with Crippen LogP contribution in [0.1, 0.15) is 45.5 Å². The molecule has 1 fully saturated rings. The molecule has 0 unspecified atom stereocenters. The average Bonchev–Trinajstić information content (AvgIpc) is 3.19. The molecule has 0 bridgehead atoms. The Labute approximate surface area is 128 Å². The quantitative estimate of drug-likeness (QED) is 0.656. The fourth-order valence-electron chi connectivity index (χ4n) is 2.27. The Balaban J connectivity index is 1.77.